The average molecular weight is 192 g/mol. The van der Waals surface area contributed by atoms with E-state index in [4.69, 9.17) is 5.11 Å². The molecule has 1 heterocycles. The maximum atomic E-state index is 10.8. The summed E-state index contributed by atoms with van der Waals surface area (Å²) in [6.45, 7) is 7.66. The summed E-state index contributed by atoms with van der Waals surface area (Å²) in [6, 6.07) is 0. The first-order valence-corrected chi connectivity index (χ1v) is 4.20. The summed E-state index contributed by atoms with van der Waals surface area (Å²) in [4.78, 5) is 10.8. The van der Waals surface area contributed by atoms with Crippen molar-refractivity contribution in [3.8, 4) is 0 Å². The highest BCUT2D eigenvalue weighted by molar-refractivity contribution is 5.88. The summed E-state index contributed by atoms with van der Waals surface area (Å²) in [6.07, 6.45) is 5.18. The van der Waals surface area contributed by atoms with Gasteiger partial charge in [-0.1, -0.05) is 12.2 Å². The summed E-state index contributed by atoms with van der Waals surface area (Å²) in [7, 11) is 0. The van der Waals surface area contributed by atoms with Gasteiger partial charge in [0.2, 0.25) is 0 Å². The largest absolute Gasteiger partial charge is 0.478 e. The number of carboxylic acids is 1. The van der Waals surface area contributed by atoms with Crippen LogP contribution in [-0.4, -0.2) is 20.9 Å². The van der Waals surface area contributed by atoms with E-state index in [9.17, 15) is 4.79 Å². The molecule has 0 spiro atoms. The Hall–Kier alpha value is -1.84. The van der Waals surface area contributed by atoms with Crippen molar-refractivity contribution in [1.29, 1.82) is 0 Å². The third-order valence-corrected chi connectivity index (χ3v) is 1.82. The molecule has 0 saturated heterocycles. The van der Waals surface area contributed by atoms with Gasteiger partial charge in [-0.3, -0.25) is 4.68 Å². The lowest BCUT2D eigenvalue weighted by Gasteiger charge is -2.02. The van der Waals surface area contributed by atoms with Crippen molar-refractivity contribution < 1.29 is 9.90 Å². The molecule has 0 radical (unpaired) electrons. The molecular formula is C10H12N2O2. The molecule has 0 saturated carbocycles. The number of nitrogens with zero attached hydrogens (tertiary/aromatic N) is 2. The van der Waals surface area contributed by atoms with Crippen LogP contribution in [0.4, 0.5) is 0 Å². The maximum absolute atomic E-state index is 10.8. The minimum Gasteiger partial charge on any atom is -0.478 e. The Kier molecular flexibility index (Phi) is 3.23. The monoisotopic (exact) mass is 192 g/mol. The topological polar surface area (TPSA) is 55.1 Å². The van der Waals surface area contributed by atoms with Gasteiger partial charge in [0.05, 0.1) is 18.4 Å². The number of hydrogen-bond donors (Lipinski definition) is 1. The number of aromatic carboxylic acids is 1. The predicted octanol–water partition coefficient (Wildman–Crippen LogP) is 1.50. The molecule has 4 nitrogen and oxygen atoms in total. The molecule has 1 aromatic rings. The van der Waals surface area contributed by atoms with Gasteiger partial charge in [0.1, 0.15) is 5.56 Å². The lowest BCUT2D eigenvalue weighted by Crippen LogP contribution is -2.06. The summed E-state index contributed by atoms with van der Waals surface area (Å²) < 4.78 is 1.61. The molecule has 0 atom stereocenters. The lowest BCUT2D eigenvalue weighted by molar-refractivity contribution is 0.0695. The highest BCUT2D eigenvalue weighted by Gasteiger charge is 2.14. The minimum absolute atomic E-state index is 0.228. The van der Waals surface area contributed by atoms with Crippen LogP contribution >= 0.6 is 0 Å². The van der Waals surface area contributed by atoms with Gasteiger partial charge in [0.25, 0.3) is 0 Å². The van der Waals surface area contributed by atoms with E-state index in [1.807, 2.05) is 0 Å². The van der Waals surface area contributed by atoms with Crippen LogP contribution in [0.2, 0.25) is 0 Å². The predicted molar refractivity (Wildman–Crippen MR) is 53.3 cm³/mol. The van der Waals surface area contributed by atoms with Gasteiger partial charge in [-0.15, -0.1) is 13.2 Å². The normalized spacial score (nSPS) is 9.71. The van der Waals surface area contributed by atoms with Crippen LogP contribution in [-0.2, 0) is 13.0 Å². The van der Waals surface area contributed by atoms with Crippen molar-refractivity contribution in [3.05, 3.63) is 42.8 Å². The molecule has 0 bridgehead atoms. The van der Waals surface area contributed by atoms with Crippen LogP contribution in [0.1, 0.15) is 16.1 Å². The van der Waals surface area contributed by atoms with Crippen LogP contribution in [0.3, 0.4) is 0 Å². The molecule has 0 aliphatic carbocycles. The molecule has 0 unspecified atom stereocenters. The van der Waals surface area contributed by atoms with Crippen LogP contribution < -0.4 is 0 Å². The van der Waals surface area contributed by atoms with Gasteiger partial charge in [-0.25, -0.2) is 4.79 Å². The molecule has 0 aromatic carbocycles. The summed E-state index contributed by atoms with van der Waals surface area (Å²) >= 11 is 0. The van der Waals surface area contributed by atoms with Crippen molar-refractivity contribution in [3.63, 3.8) is 0 Å². The molecule has 0 fully saturated rings. The van der Waals surface area contributed by atoms with Crippen molar-refractivity contribution in [2.45, 2.75) is 13.0 Å². The van der Waals surface area contributed by atoms with Crippen LogP contribution in [0.25, 0.3) is 0 Å². The zero-order valence-electron chi connectivity index (χ0n) is 7.81. The van der Waals surface area contributed by atoms with E-state index in [0.29, 0.717) is 18.7 Å². The SMILES string of the molecule is C=CCc1c(C(=O)O)cnn1CC=C. The second-order valence-corrected chi connectivity index (χ2v) is 2.77. The fourth-order valence-electron chi connectivity index (χ4n) is 1.22. The number of aromatic nitrogens is 2. The Labute approximate surface area is 82.2 Å². The molecule has 4 heteroatoms. The van der Waals surface area contributed by atoms with E-state index < -0.39 is 5.97 Å². The van der Waals surface area contributed by atoms with E-state index in [0.717, 1.165) is 0 Å². The van der Waals surface area contributed by atoms with E-state index in [-0.39, 0.29) is 5.56 Å². The van der Waals surface area contributed by atoms with Crippen molar-refractivity contribution in [2.75, 3.05) is 0 Å². The molecule has 0 aliphatic rings. The number of carboxylic acid groups (broad SMARTS) is 1. The fourth-order valence-corrected chi connectivity index (χ4v) is 1.22. The summed E-state index contributed by atoms with van der Waals surface area (Å²) in [5, 5.41) is 12.8. The quantitative estimate of drug-likeness (QED) is 0.719. The molecule has 14 heavy (non-hydrogen) atoms. The standard InChI is InChI=1S/C10H12N2O2/c1-3-5-9-8(10(13)14)7-11-12(9)6-4-2/h3-4,7H,1-2,5-6H2,(H,13,14). The zero-order valence-corrected chi connectivity index (χ0v) is 7.81. The zero-order chi connectivity index (χ0) is 10.6. The molecular weight excluding hydrogens is 180 g/mol. The third kappa shape index (κ3) is 1.90. The Morgan fingerprint density at radius 1 is 1.57 bits per heavy atom. The molecule has 0 aliphatic heterocycles. The van der Waals surface area contributed by atoms with E-state index in [2.05, 4.69) is 18.3 Å². The molecule has 1 rings (SSSR count). The number of carbonyl (C=O) groups is 1. The fraction of sp³-hybridized carbons (Fsp3) is 0.200. The van der Waals surface area contributed by atoms with Crippen LogP contribution in [0.15, 0.2) is 31.5 Å². The smallest absolute Gasteiger partial charge is 0.339 e. The van der Waals surface area contributed by atoms with Crippen molar-refractivity contribution in [1.82, 2.24) is 9.78 Å². The van der Waals surface area contributed by atoms with Gasteiger partial charge in [0.15, 0.2) is 0 Å². The summed E-state index contributed by atoms with van der Waals surface area (Å²) in [5.41, 5.74) is 0.888. The Bertz CT molecular complexity index is 366. The average Bonchev–Trinajstić information content (AvgIpc) is 2.50. The van der Waals surface area contributed by atoms with E-state index in [1.54, 1.807) is 16.8 Å². The number of allylic oxidation sites excluding steroid dienone is 2. The molecule has 74 valence electrons. The first kappa shape index (κ1) is 10.2. The van der Waals surface area contributed by atoms with Gasteiger partial charge in [0, 0.05) is 6.42 Å². The lowest BCUT2D eigenvalue weighted by atomic mass is 10.2. The second kappa shape index (κ2) is 4.41. The van der Waals surface area contributed by atoms with Gasteiger partial charge < -0.3 is 5.11 Å². The second-order valence-electron chi connectivity index (χ2n) is 2.77. The maximum Gasteiger partial charge on any atom is 0.339 e. The van der Waals surface area contributed by atoms with Gasteiger partial charge in [-0.2, -0.15) is 5.10 Å². The molecule has 1 N–H and O–H groups in total. The van der Waals surface area contributed by atoms with Gasteiger partial charge in [-0.05, 0) is 0 Å². The minimum atomic E-state index is -0.961. The Balaban J connectivity index is 3.11. The number of hydrogen-bond acceptors (Lipinski definition) is 2. The molecule has 1 aromatic heterocycles. The van der Waals surface area contributed by atoms with Crippen molar-refractivity contribution in [2.24, 2.45) is 0 Å². The highest BCUT2D eigenvalue weighted by Crippen LogP contribution is 2.10. The Morgan fingerprint density at radius 3 is 2.79 bits per heavy atom. The highest BCUT2D eigenvalue weighted by atomic mass is 16.4. The van der Waals surface area contributed by atoms with Crippen LogP contribution in [0.5, 0.6) is 0 Å². The first-order chi connectivity index (χ1) is 6.70. The Morgan fingerprint density at radius 2 is 2.29 bits per heavy atom. The van der Waals surface area contributed by atoms with E-state index >= 15 is 0 Å². The van der Waals surface area contributed by atoms with Crippen molar-refractivity contribution >= 4 is 5.97 Å². The molecule has 0 amide bonds. The first-order valence-electron chi connectivity index (χ1n) is 4.20. The van der Waals surface area contributed by atoms with E-state index in [1.165, 1.54) is 6.20 Å². The summed E-state index contributed by atoms with van der Waals surface area (Å²) in [5.74, 6) is -0.961. The number of rotatable bonds is 5. The van der Waals surface area contributed by atoms with Crippen LogP contribution in [0, 0.1) is 0 Å². The third-order valence-electron chi connectivity index (χ3n) is 1.82. The van der Waals surface area contributed by atoms with Gasteiger partial charge >= 0.3 is 5.97 Å².